The van der Waals surface area contributed by atoms with Crippen molar-refractivity contribution in [3.05, 3.63) is 25.1 Å². The summed E-state index contributed by atoms with van der Waals surface area (Å²) >= 11 is 0. The van der Waals surface area contributed by atoms with Crippen LogP contribution in [0.15, 0.2) is 25.1 Å². The van der Waals surface area contributed by atoms with Crippen LogP contribution >= 0.6 is 0 Å². The third-order valence-electron chi connectivity index (χ3n) is 0.430. The fourth-order valence-corrected chi connectivity index (χ4v) is 0.165. The third-order valence-corrected chi connectivity index (χ3v) is 0.430. The zero-order chi connectivity index (χ0) is 5.70. The summed E-state index contributed by atoms with van der Waals surface area (Å²) in [5, 5.41) is 2.50. The number of aldehydes is 1. The molecular weight excluding hydrogens is 90.1 g/mol. The summed E-state index contributed by atoms with van der Waals surface area (Å²) < 4.78 is 0. The van der Waals surface area contributed by atoms with Crippen molar-refractivity contribution in [1.82, 2.24) is 5.32 Å². The molecule has 0 aliphatic carbocycles. The third kappa shape index (κ3) is 2.76. The van der Waals surface area contributed by atoms with E-state index >= 15 is 0 Å². The lowest BCUT2D eigenvalue weighted by Gasteiger charge is -1.89. The molecule has 0 aliphatic heterocycles. The standard InChI is InChI=1S/C5H7NO/c1-3-6-5(2)4-7/h3-4,6H,1-2H2. The topological polar surface area (TPSA) is 29.1 Å². The average molecular weight is 97.1 g/mol. The number of nitrogens with one attached hydrogen (secondary N) is 1. The predicted molar refractivity (Wildman–Crippen MR) is 28.5 cm³/mol. The molecule has 0 bridgehead atoms. The molecule has 0 unspecified atom stereocenters. The molecule has 0 saturated carbocycles. The maximum absolute atomic E-state index is 9.68. The second-order valence-corrected chi connectivity index (χ2v) is 0.992. The molecule has 0 fully saturated rings. The number of carbonyl (C=O) groups is 1. The van der Waals surface area contributed by atoms with E-state index in [1.165, 1.54) is 6.20 Å². The number of rotatable bonds is 3. The Bertz CT molecular complexity index is 96.3. The van der Waals surface area contributed by atoms with Crippen LogP contribution in [0.1, 0.15) is 0 Å². The molecule has 0 rings (SSSR count). The largest absolute Gasteiger partial charge is 0.360 e. The van der Waals surface area contributed by atoms with Gasteiger partial charge in [0.25, 0.3) is 0 Å². The van der Waals surface area contributed by atoms with Crippen molar-refractivity contribution in [2.75, 3.05) is 0 Å². The van der Waals surface area contributed by atoms with Gasteiger partial charge in [-0.25, -0.2) is 0 Å². The first-order valence-corrected chi connectivity index (χ1v) is 1.82. The Morgan fingerprint density at radius 3 is 2.43 bits per heavy atom. The molecule has 0 radical (unpaired) electrons. The Balaban J connectivity index is 3.36. The zero-order valence-corrected chi connectivity index (χ0v) is 3.98. The summed E-state index contributed by atoms with van der Waals surface area (Å²) in [6.45, 7) is 6.63. The number of hydrogen-bond donors (Lipinski definition) is 1. The van der Waals surface area contributed by atoms with Crippen molar-refractivity contribution in [1.29, 1.82) is 0 Å². The Labute approximate surface area is 42.5 Å². The minimum Gasteiger partial charge on any atom is -0.360 e. The maximum atomic E-state index is 9.68. The Hall–Kier alpha value is -1.05. The van der Waals surface area contributed by atoms with E-state index in [1.54, 1.807) is 0 Å². The van der Waals surface area contributed by atoms with E-state index in [0.29, 0.717) is 12.0 Å². The van der Waals surface area contributed by atoms with Gasteiger partial charge >= 0.3 is 0 Å². The predicted octanol–water partition coefficient (Wildman–Crippen LogP) is 0.432. The van der Waals surface area contributed by atoms with Crippen molar-refractivity contribution < 1.29 is 4.79 Å². The molecule has 0 spiro atoms. The molecule has 0 aromatic carbocycles. The number of hydrogen-bond acceptors (Lipinski definition) is 2. The van der Waals surface area contributed by atoms with Crippen molar-refractivity contribution in [2.45, 2.75) is 0 Å². The van der Waals surface area contributed by atoms with E-state index in [0.717, 1.165) is 0 Å². The summed E-state index contributed by atoms with van der Waals surface area (Å²) in [5.41, 5.74) is 0.329. The SMILES string of the molecule is C=CNC(=C)C=O. The molecule has 0 atom stereocenters. The van der Waals surface area contributed by atoms with Crippen molar-refractivity contribution in [2.24, 2.45) is 0 Å². The quantitative estimate of drug-likeness (QED) is 0.408. The Morgan fingerprint density at radius 1 is 1.71 bits per heavy atom. The van der Waals surface area contributed by atoms with Crippen molar-refractivity contribution in [3.63, 3.8) is 0 Å². The number of carbonyl (C=O) groups excluding carboxylic acids is 1. The highest BCUT2D eigenvalue weighted by Gasteiger charge is 1.77. The first-order valence-electron chi connectivity index (χ1n) is 1.82. The van der Waals surface area contributed by atoms with E-state index in [-0.39, 0.29) is 0 Å². The van der Waals surface area contributed by atoms with Gasteiger partial charge in [0.15, 0.2) is 6.29 Å². The lowest BCUT2D eigenvalue weighted by atomic mass is 10.6. The second-order valence-electron chi connectivity index (χ2n) is 0.992. The van der Waals surface area contributed by atoms with Crippen LogP contribution in [-0.4, -0.2) is 6.29 Å². The molecule has 2 heteroatoms. The molecule has 0 aromatic rings. The molecule has 0 saturated heterocycles. The Morgan fingerprint density at radius 2 is 2.29 bits per heavy atom. The molecule has 38 valence electrons. The minimum atomic E-state index is 0.329. The van der Waals surface area contributed by atoms with E-state index in [9.17, 15) is 4.79 Å². The lowest BCUT2D eigenvalue weighted by Crippen LogP contribution is -2.02. The molecule has 1 N–H and O–H groups in total. The highest BCUT2D eigenvalue weighted by atomic mass is 16.1. The molecule has 0 amide bonds. The highest BCUT2D eigenvalue weighted by Crippen LogP contribution is 1.70. The van der Waals surface area contributed by atoms with Gasteiger partial charge in [-0.15, -0.1) is 0 Å². The summed E-state index contributed by atoms with van der Waals surface area (Å²) in [5.74, 6) is 0. The van der Waals surface area contributed by atoms with Gasteiger partial charge in [-0.3, -0.25) is 4.79 Å². The van der Waals surface area contributed by atoms with Crippen molar-refractivity contribution in [3.8, 4) is 0 Å². The first-order chi connectivity index (χ1) is 3.31. The summed E-state index contributed by atoms with van der Waals surface area (Å²) in [6, 6.07) is 0. The normalized spacial score (nSPS) is 6.86. The zero-order valence-electron chi connectivity index (χ0n) is 3.98. The lowest BCUT2D eigenvalue weighted by molar-refractivity contribution is -0.105. The minimum absolute atomic E-state index is 0.329. The van der Waals surface area contributed by atoms with E-state index < -0.39 is 0 Å². The van der Waals surface area contributed by atoms with E-state index in [2.05, 4.69) is 18.5 Å². The van der Waals surface area contributed by atoms with Crippen LogP contribution in [0.4, 0.5) is 0 Å². The van der Waals surface area contributed by atoms with Gasteiger partial charge in [-0.1, -0.05) is 13.2 Å². The Kier molecular flexibility index (Phi) is 2.68. The molecule has 0 aliphatic rings. The van der Waals surface area contributed by atoms with Crippen LogP contribution in [-0.2, 0) is 4.79 Å². The van der Waals surface area contributed by atoms with Gasteiger partial charge in [0.2, 0.25) is 0 Å². The van der Waals surface area contributed by atoms with Crippen LogP contribution in [0.2, 0.25) is 0 Å². The average Bonchev–Trinajstić information content (AvgIpc) is 1.68. The van der Waals surface area contributed by atoms with Gasteiger partial charge in [0, 0.05) is 0 Å². The van der Waals surface area contributed by atoms with Gasteiger partial charge in [-0.2, -0.15) is 0 Å². The van der Waals surface area contributed by atoms with Crippen LogP contribution in [0.3, 0.4) is 0 Å². The van der Waals surface area contributed by atoms with Gasteiger partial charge in [0.05, 0.1) is 5.70 Å². The van der Waals surface area contributed by atoms with Gasteiger partial charge < -0.3 is 5.32 Å². The van der Waals surface area contributed by atoms with Crippen LogP contribution in [0.5, 0.6) is 0 Å². The van der Waals surface area contributed by atoms with Gasteiger partial charge in [-0.05, 0) is 6.20 Å². The molecule has 2 nitrogen and oxygen atoms in total. The summed E-state index contributed by atoms with van der Waals surface area (Å²) in [6.07, 6.45) is 2.03. The van der Waals surface area contributed by atoms with Crippen LogP contribution in [0.25, 0.3) is 0 Å². The fourth-order valence-electron chi connectivity index (χ4n) is 0.165. The maximum Gasteiger partial charge on any atom is 0.165 e. The smallest absolute Gasteiger partial charge is 0.165 e. The molecule has 7 heavy (non-hydrogen) atoms. The first kappa shape index (κ1) is 5.95. The fraction of sp³-hybridized carbons (Fsp3) is 0. The molecule has 0 aromatic heterocycles. The summed E-state index contributed by atoms with van der Waals surface area (Å²) in [4.78, 5) is 9.68. The second kappa shape index (κ2) is 3.15. The van der Waals surface area contributed by atoms with Gasteiger partial charge in [0.1, 0.15) is 0 Å². The van der Waals surface area contributed by atoms with Crippen LogP contribution < -0.4 is 5.32 Å². The van der Waals surface area contributed by atoms with Crippen molar-refractivity contribution >= 4 is 6.29 Å². The molecular formula is C5H7NO. The summed E-state index contributed by atoms with van der Waals surface area (Å²) in [7, 11) is 0. The van der Waals surface area contributed by atoms with Crippen LogP contribution in [0, 0.1) is 0 Å². The molecule has 0 heterocycles. The van der Waals surface area contributed by atoms with E-state index in [4.69, 9.17) is 0 Å². The highest BCUT2D eigenvalue weighted by molar-refractivity contribution is 5.71. The number of allylic oxidation sites excluding steroid dienone is 1. The monoisotopic (exact) mass is 97.1 g/mol. The van der Waals surface area contributed by atoms with E-state index in [1.807, 2.05) is 0 Å².